The lowest BCUT2D eigenvalue weighted by Gasteiger charge is -2.13. The number of hydrogen-bond donors (Lipinski definition) is 1. The van der Waals surface area contributed by atoms with E-state index >= 15 is 0 Å². The Morgan fingerprint density at radius 2 is 1.94 bits per heavy atom. The Hall–Kier alpha value is -3.62. The van der Waals surface area contributed by atoms with Crippen LogP contribution in [0.15, 0.2) is 60.2 Å². The van der Waals surface area contributed by atoms with E-state index in [1.54, 1.807) is 36.4 Å². The molecule has 0 aliphatic heterocycles. The van der Waals surface area contributed by atoms with Crippen LogP contribution in [0.4, 0.5) is 10.1 Å². The first-order chi connectivity index (χ1) is 15.3. The van der Waals surface area contributed by atoms with Crippen LogP contribution in [0.3, 0.4) is 0 Å². The number of nitrogens with zero attached hydrogens (tertiary/aromatic N) is 1. The van der Waals surface area contributed by atoms with Crippen molar-refractivity contribution in [2.24, 2.45) is 0 Å². The molecule has 0 fully saturated rings. The Morgan fingerprint density at radius 1 is 1.19 bits per heavy atom. The highest BCUT2D eigenvalue weighted by Crippen LogP contribution is 2.32. The molecule has 1 amide bonds. The molecule has 4 nitrogen and oxygen atoms in total. The molecule has 0 aromatic heterocycles. The van der Waals surface area contributed by atoms with E-state index in [2.05, 4.69) is 5.32 Å². The number of carbonyl (C=O) groups is 1. The van der Waals surface area contributed by atoms with Crippen LogP contribution in [0.1, 0.15) is 27.8 Å². The van der Waals surface area contributed by atoms with Gasteiger partial charge in [0.15, 0.2) is 0 Å². The molecule has 162 valence electrons. The van der Waals surface area contributed by atoms with Crippen LogP contribution >= 0.6 is 11.6 Å². The molecule has 0 heterocycles. The number of carbonyl (C=O) groups excluding carboxylic acids is 1. The van der Waals surface area contributed by atoms with Gasteiger partial charge < -0.3 is 10.1 Å². The Kier molecular flexibility index (Phi) is 7.29. The first-order valence-corrected chi connectivity index (χ1v) is 10.3. The number of benzene rings is 3. The lowest BCUT2D eigenvalue weighted by Crippen LogP contribution is -2.14. The van der Waals surface area contributed by atoms with E-state index in [1.807, 2.05) is 32.0 Å². The molecule has 3 aromatic rings. The quantitative estimate of drug-likeness (QED) is 0.358. The minimum absolute atomic E-state index is 0.0779. The molecule has 0 aliphatic carbocycles. The number of halogens is 2. The average Bonchev–Trinajstić information content (AvgIpc) is 2.77. The van der Waals surface area contributed by atoms with Crippen LogP contribution < -0.4 is 10.1 Å². The highest BCUT2D eigenvalue weighted by molar-refractivity contribution is 6.31. The third-order valence-corrected chi connectivity index (χ3v) is 5.59. The Labute approximate surface area is 191 Å². The molecule has 0 bridgehead atoms. The summed E-state index contributed by atoms with van der Waals surface area (Å²) in [7, 11) is 1.49. The van der Waals surface area contributed by atoms with Crippen molar-refractivity contribution in [2.75, 3.05) is 12.4 Å². The van der Waals surface area contributed by atoms with E-state index in [4.69, 9.17) is 16.3 Å². The minimum atomic E-state index is -0.522. The summed E-state index contributed by atoms with van der Waals surface area (Å²) in [5.41, 5.74) is 4.17. The first kappa shape index (κ1) is 23.1. The summed E-state index contributed by atoms with van der Waals surface area (Å²) in [6.07, 6.45) is 1.69. The van der Waals surface area contributed by atoms with Crippen molar-refractivity contribution in [1.29, 1.82) is 5.26 Å². The molecule has 0 spiro atoms. The van der Waals surface area contributed by atoms with Gasteiger partial charge in [0.2, 0.25) is 0 Å². The van der Waals surface area contributed by atoms with Gasteiger partial charge in [0.05, 0.1) is 7.11 Å². The summed E-state index contributed by atoms with van der Waals surface area (Å²) >= 11 is 6.47. The summed E-state index contributed by atoms with van der Waals surface area (Å²) in [5.74, 6) is -0.407. The summed E-state index contributed by atoms with van der Waals surface area (Å²) in [6.45, 7) is 3.85. The number of nitrogens with one attached hydrogen (secondary N) is 1. The third kappa shape index (κ3) is 5.16. The predicted octanol–water partition coefficient (Wildman–Crippen LogP) is 6.24. The topological polar surface area (TPSA) is 62.1 Å². The Bertz CT molecular complexity index is 1250. The zero-order valence-corrected chi connectivity index (χ0v) is 18.8. The van der Waals surface area contributed by atoms with Crippen LogP contribution in [-0.4, -0.2) is 13.0 Å². The van der Waals surface area contributed by atoms with E-state index in [0.717, 1.165) is 11.1 Å². The Balaban J connectivity index is 1.91. The average molecular weight is 449 g/mol. The number of nitriles is 1. The fourth-order valence-electron chi connectivity index (χ4n) is 3.29. The molecule has 3 aromatic carbocycles. The van der Waals surface area contributed by atoms with Gasteiger partial charge in [-0.3, -0.25) is 4.79 Å². The largest absolute Gasteiger partial charge is 0.496 e. The fraction of sp³-hybridized carbons (Fsp3) is 0.154. The van der Waals surface area contributed by atoms with Crippen LogP contribution in [-0.2, 0) is 11.2 Å². The van der Waals surface area contributed by atoms with Crippen molar-refractivity contribution in [3.63, 3.8) is 0 Å². The van der Waals surface area contributed by atoms with Crippen molar-refractivity contribution in [2.45, 2.75) is 20.3 Å². The molecule has 0 radical (unpaired) electrons. The molecular weight excluding hydrogens is 427 g/mol. The van der Waals surface area contributed by atoms with Crippen molar-refractivity contribution in [3.8, 4) is 11.8 Å². The molecule has 0 atom stereocenters. The maximum Gasteiger partial charge on any atom is 0.266 e. The van der Waals surface area contributed by atoms with Gasteiger partial charge in [0.1, 0.15) is 23.2 Å². The lowest BCUT2D eigenvalue weighted by atomic mass is 10.0. The normalized spacial score (nSPS) is 11.1. The maximum absolute atomic E-state index is 14.1. The summed E-state index contributed by atoms with van der Waals surface area (Å²) in [6, 6.07) is 17.3. The molecular formula is C26H22ClFN2O2. The van der Waals surface area contributed by atoms with Crippen molar-refractivity contribution >= 4 is 29.3 Å². The van der Waals surface area contributed by atoms with Crippen LogP contribution in [0.2, 0.25) is 5.02 Å². The third-order valence-electron chi connectivity index (χ3n) is 5.25. The van der Waals surface area contributed by atoms with Crippen molar-refractivity contribution in [1.82, 2.24) is 0 Å². The van der Waals surface area contributed by atoms with Gasteiger partial charge in [0.25, 0.3) is 5.91 Å². The van der Waals surface area contributed by atoms with Gasteiger partial charge in [-0.15, -0.1) is 0 Å². The number of hydrogen-bond acceptors (Lipinski definition) is 3. The molecule has 0 saturated carbocycles. The molecule has 0 unspecified atom stereocenters. The van der Waals surface area contributed by atoms with Crippen LogP contribution in [0, 0.1) is 31.0 Å². The van der Waals surface area contributed by atoms with E-state index in [0.29, 0.717) is 33.1 Å². The minimum Gasteiger partial charge on any atom is -0.496 e. The Morgan fingerprint density at radius 3 is 2.62 bits per heavy atom. The maximum atomic E-state index is 14.1. The molecule has 6 heteroatoms. The zero-order valence-electron chi connectivity index (χ0n) is 18.0. The molecule has 1 N–H and O–H groups in total. The van der Waals surface area contributed by atoms with Crippen LogP contribution in [0.5, 0.6) is 5.75 Å². The van der Waals surface area contributed by atoms with Gasteiger partial charge in [0, 0.05) is 22.7 Å². The van der Waals surface area contributed by atoms with Gasteiger partial charge in [-0.2, -0.15) is 5.26 Å². The zero-order chi connectivity index (χ0) is 23.3. The highest BCUT2D eigenvalue weighted by atomic mass is 35.5. The van der Waals surface area contributed by atoms with E-state index < -0.39 is 5.91 Å². The number of methoxy groups -OCH3 is 1. The van der Waals surface area contributed by atoms with Gasteiger partial charge >= 0.3 is 0 Å². The molecule has 32 heavy (non-hydrogen) atoms. The van der Waals surface area contributed by atoms with E-state index in [9.17, 15) is 14.4 Å². The second kappa shape index (κ2) is 10.1. The van der Waals surface area contributed by atoms with Gasteiger partial charge in [-0.25, -0.2) is 4.39 Å². The standard InChI is InChI=1S/C26H22ClFN2O2/c1-16-7-6-10-24(17(16)2)30-26(31)20(15-29)11-18-12-22(27)21(25(13-18)32-3)14-19-8-4-5-9-23(19)28/h4-13H,14H2,1-3H3,(H,30,31)/b20-11+. The van der Waals surface area contributed by atoms with Gasteiger partial charge in [-0.1, -0.05) is 41.9 Å². The number of aryl methyl sites for hydroxylation is 1. The number of rotatable bonds is 6. The number of ether oxygens (including phenoxy) is 1. The second-order valence-electron chi connectivity index (χ2n) is 7.32. The SMILES string of the molecule is COc1cc(/C=C(\C#N)C(=O)Nc2cccc(C)c2C)cc(Cl)c1Cc1ccccc1F. The monoisotopic (exact) mass is 448 g/mol. The molecule has 3 rings (SSSR count). The summed E-state index contributed by atoms with van der Waals surface area (Å²) in [5, 5.41) is 12.7. The van der Waals surface area contributed by atoms with E-state index in [1.165, 1.54) is 19.3 Å². The predicted molar refractivity (Wildman–Crippen MR) is 125 cm³/mol. The van der Waals surface area contributed by atoms with Crippen molar-refractivity contribution < 1.29 is 13.9 Å². The fourth-order valence-corrected chi connectivity index (χ4v) is 3.58. The van der Waals surface area contributed by atoms with E-state index in [-0.39, 0.29) is 17.8 Å². The van der Waals surface area contributed by atoms with Gasteiger partial charge in [-0.05, 0) is 66.4 Å². The summed E-state index contributed by atoms with van der Waals surface area (Å²) < 4.78 is 19.5. The number of anilines is 1. The second-order valence-corrected chi connectivity index (χ2v) is 7.73. The first-order valence-electron chi connectivity index (χ1n) is 9.93. The highest BCUT2D eigenvalue weighted by Gasteiger charge is 2.15. The molecule has 0 saturated heterocycles. The van der Waals surface area contributed by atoms with Crippen molar-refractivity contribution in [3.05, 3.63) is 98.8 Å². The molecule has 0 aliphatic rings. The number of amides is 1. The van der Waals surface area contributed by atoms with Crippen LogP contribution in [0.25, 0.3) is 6.08 Å². The summed E-state index contributed by atoms with van der Waals surface area (Å²) in [4.78, 5) is 12.7. The smallest absolute Gasteiger partial charge is 0.266 e. The lowest BCUT2D eigenvalue weighted by molar-refractivity contribution is -0.112.